The number of aryl methyl sites for hydroxylation is 3. The molecule has 4 nitrogen and oxygen atoms in total. The number of hydrogen-bond acceptors (Lipinski definition) is 3. The largest absolute Gasteiger partial charge is 0.496 e. The number of amides is 1. The van der Waals surface area contributed by atoms with Gasteiger partial charge < -0.3 is 14.1 Å². The Hall–Kier alpha value is -2.23. The molecule has 1 unspecified atom stereocenters. The SMILES string of the molecule is COc1c(/C(C)=C/C(=O)N2CCCC(C)C2)cc2c3c(oc2c1C)CCCC3. The number of hydrogen-bond donors (Lipinski definition) is 0. The number of allylic oxidation sites excluding steroid dienone is 1. The van der Waals surface area contributed by atoms with Gasteiger partial charge in [0.05, 0.1) is 7.11 Å². The molecule has 1 aromatic heterocycles. The number of piperidine rings is 1. The van der Waals surface area contributed by atoms with Crippen molar-refractivity contribution in [3.63, 3.8) is 0 Å². The Kier molecular flexibility index (Phi) is 5.22. The molecule has 2 aliphatic rings. The first-order valence-corrected chi connectivity index (χ1v) is 10.6. The summed E-state index contributed by atoms with van der Waals surface area (Å²) in [6, 6.07) is 2.17. The molecule has 0 N–H and O–H groups in total. The number of fused-ring (bicyclic) bond motifs is 3. The molecule has 0 saturated carbocycles. The molecule has 1 fully saturated rings. The number of rotatable bonds is 3. The Morgan fingerprint density at radius 1 is 1.29 bits per heavy atom. The quantitative estimate of drug-likeness (QED) is 0.679. The summed E-state index contributed by atoms with van der Waals surface area (Å²) in [7, 11) is 1.70. The van der Waals surface area contributed by atoms with Gasteiger partial charge in [-0.15, -0.1) is 0 Å². The van der Waals surface area contributed by atoms with Gasteiger partial charge in [-0.2, -0.15) is 0 Å². The molecule has 28 heavy (non-hydrogen) atoms. The fourth-order valence-electron chi connectivity index (χ4n) is 4.84. The lowest BCUT2D eigenvalue weighted by Gasteiger charge is -2.30. The molecular formula is C24H31NO3. The van der Waals surface area contributed by atoms with Gasteiger partial charge in [0.25, 0.3) is 0 Å². The van der Waals surface area contributed by atoms with Crippen molar-refractivity contribution in [1.29, 1.82) is 0 Å². The smallest absolute Gasteiger partial charge is 0.246 e. The van der Waals surface area contributed by atoms with Crippen molar-refractivity contribution in [2.75, 3.05) is 20.2 Å². The third-order valence-electron chi connectivity index (χ3n) is 6.36. The summed E-state index contributed by atoms with van der Waals surface area (Å²) < 4.78 is 12.0. The van der Waals surface area contributed by atoms with Crippen LogP contribution in [0.1, 0.15) is 62.0 Å². The van der Waals surface area contributed by atoms with E-state index in [1.54, 1.807) is 13.2 Å². The van der Waals surface area contributed by atoms with Crippen LogP contribution in [-0.4, -0.2) is 31.0 Å². The average molecular weight is 382 g/mol. The highest BCUT2D eigenvalue weighted by atomic mass is 16.5. The monoisotopic (exact) mass is 381 g/mol. The van der Waals surface area contributed by atoms with Crippen molar-refractivity contribution >= 4 is 22.4 Å². The van der Waals surface area contributed by atoms with Crippen molar-refractivity contribution in [3.8, 4) is 5.75 Å². The van der Waals surface area contributed by atoms with Crippen LogP contribution >= 0.6 is 0 Å². The lowest BCUT2D eigenvalue weighted by molar-refractivity contribution is -0.127. The molecular weight excluding hydrogens is 350 g/mol. The highest BCUT2D eigenvalue weighted by Gasteiger charge is 2.24. The van der Waals surface area contributed by atoms with Crippen LogP contribution in [0, 0.1) is 12.8 Å². The summed E-state index contributed by atoms with van der Waals surface area (Å²) in [5.74, 6) is 2.63. The number of furan rings is 1. The van der Waals surface area contributed by atoms with Gasteiger partial charge in [-0.05, 0) is 63.5 Å². The van der Waals surface area contributed by atoms with Gasteiger partial charge >= 0.3 is 0 Å². The lowest BCUT2D eigenvalue weighted by Crippen LogP contribution is -2.38. The third kappa shape index (κ3) is 3.34. The number of likely N-dealkylation sites (tertiary alicyclic amines) is 1. The van der Waals surface area contributed by atoms with Crippen molar-refractivity contribution in [2.24, 2.45) is 5.92 Å². The van der Waals surface area contributed by atoms with E-state index in [0.29, 0.717) is 5.92 Å². The first kappa shape index (κ1) is 19.1. The van der Waals surface area contributed by atoms with E-state index in [4.69, 9.17) is 9.15 Å². The maximum Gasteiger partial charge on any atom is 0.246 e. The Morgan fingerprint density at radius 3 is 2.82 bits per heavy atom. The Labute approximate surface area is 167 Å². The van der Waals surface area contributed by atoms with Crippen LogP contribution in [0.3, 0.4) is 0 Å². The van der Waals surface area contributed by atoms with Crippen molar-refractivity contribution in [2.45, 2.75) is 59.3 Å². The number of carbonyl (C=O) groups is 1. The summed E-state index contributed by atoms with van der Waals surface area (Å²) in [6.45, 7) is 8.00. The topological polar surface area (TPSA) is 42.7 Å². The van der Waals surface area contributed by atoms with Gasteiger partial charge in [-0.3, -0.25) is 4.79 Å². The van der Waals surface area contributed by atoms with Crippen molar-refractivity contribution in [1.82, 2.24) is 4.90 Å². The second kappa shape index (κ2) is 7.65. The van der Waals surface area contributed by atoms with Gasteiger partial charge in [0.1, 0.15) is 17.1 Å². The highest BCUT2D eigenvalue weighted by molar-refractivity contribution is 5.98. The zero-order valence-electron chi connectivity index (χ0n) is 17.6. The lowest BCUT2D eigenvalue weighted by atomic mass is 9.92. The van der Waals surface area contributed by atoms with Crippen LogP contribution in [0.25, 0.3) is 16.5 Å². The molecule has 150 valence electrons. The van der Waals surface area contributed by atoms with Crippen LogP contribution in [0.2, 0.25) is 0 Å². The molecule has 1 amide bonds. The summed E-state index contributed by atoms with van der Waals surface area (Å²) in [4.78, 5) is 14.8. The minimum atomic E-state index is 0.109. The fourth-order valence-corrected chi connectivity index (χ4v) is 4.84. The molecule has 1 atom stereocenters. The molecule has 1 saturated heterocycles. The maximum atomic E-state index is 12.8. The minimum absolute atomic E-state index is 0.109. The van der Waals surface area contributed by atoms with Gasteiger partial charge in [0.15, 0.2) is 0 Å². The predicted molar refractivity (Wildman–Crippen MR) is 113 cm³/mol. The molecule has 2 heterocycles. The zero-order chi connectivity index (χ0) is 19.8. The van der Waals surface area contributed by atoms with Crippen molar-refractivity contribution in [3.05, 3.63) is 34.6 Å². The van der Waals surface area contributed by atoms with Crippen LogP contribution in [0.15, 0.2) is 16.6 Å². The molecule has 0 radical (unpaired) electrons. The standard InChI is InChI=1S/C24H31NO3/c1-15-8-7-11-25(14-15)22(26)12-16(2)19-13-20-18-9-5-6-10-21(18)28-24(20)17(3)23(19)27-4/h12-13,15H,5-11,14H2,1-4H3/b16-12+. The summed E-state index contributed by atoms with van der Waals surface area (Å²) in [5, 5.41) is 1.19. The Balaban J connectivity index is 1.75. The first-order chi connectivity index (χ1) is 13.5. The van der Waals surface area contributed by atoms with Crippen LogP contribution in [0.5, 0.6) is 5.75 Å². The molecule has 0 bridgehead atoms. The van der Waals surface area contributed by atoms with Gasteiger partial charge in [-0.25, -0.2) is 0 Å². The first-order valence-electron chi connectivity index (χ1n) is 10.6. The van der Waals surface area contributed by atoms with E-state index in [1.807, 2.05) is 11.8 Å². The van der Waals surface area contributed by atoms with Crippen LogP contribution < -0.4 is 4.74 Å². The second-order valence-electron chi connectivity index (χ2n) is 8.53. The second-order valence-corrected chi connectivity index (χ2v) is 8.53. The van der Waals surface area contributed by atoms with Gasteiger partial charge in [0.2, 0.25) is 5.91 Å². The highest BCUT2D eigenvalue weighted by Crippen LogP contribution is 2.41. The number of benzene rings is 1. The molecule has 1 aliphatic carbocycles. The van der Waals surface area contributed by atoms with Crippen LogP contribution in [0.4, 0.5) is 0 Å². The Morgan fingerprint density at radius 2 is 2.07 bits per heavy atom. The summed E-state index contributed by atoms with van der Waals surface area (Å²) >= 11 is 0. The molecule has 4 heteroatoms. The summed E-state index contributed by atoms with van der Waals surface area (Å²) in [5.41, 5.74) is 5.26. The predicted octanol–water partition coefficient (Wildman–Crippen LogP) is 5.29. The molecule has 0 spiro atoms. The Bertz CT molecular complexity index is 937. The molecule has 1 aliphatic heterocycles. The van der Waals surface area contributed by atoms with E-state index in [1.165, 1.54) is 30.2 Å². The molecule has 2 aromatic rings. The maximum absolute atomic E-state index is 12.8. The fraction of sp³-hybridized carbons (Fsp3) is 0.542. The normalized spacial score (nSPS) is 20.4. The van der Waals surface area contributed by atoms with Crippen molar-refractivity contribution < 1.29 is 13.9 Å². The van der Waals surface area contributed by atoms with E-state index in [-0.39, 0.29) is 5.91 Å². The van der Waals surface area contributed by atoms with Gasteiger partial charge in [0, 0.05) is 47.7 Å². The third-order valence-corrected chi connectivity index (χ3v) is 6.36. The van der Waals surface area contributed by atoms with E-state index in [0.717, 1.165) is 66.1 Å². The number of methoxy groups -OCH3 is 1. The molecule has 1 aromatic carbocycles. The van der Waals surface area contributed by atoms with E-state index in [2.05, 4.69) is 19.9 Å². The van der Waals surface area contributed by atoms with E-state index < -0.39 is 0 Å². The van der Waals surface area contributed by atoms with E-state index >= 15 is 0 Å². The minimum Gasteiger partial charge on any atom is -0.496 e. The summed E-state index contributed by atoms with van der Waals surface area (Å²) in [6.07, 6.45) is 8.58. The average Bonchev–Trinajstić information content (AvgIpc) is 3.07. The van der Waals surface area contributed by atoms with Crippen LogP contribution in [-0.2, 0) is 17.6 Å². The zero-order valence-corrected chi connectivity index (χ0v) is 17.6. The number of ether oxygens (including phenoxy) is 1. The van der Waals surface area contributed by atoms with E-state index in [9.17, 15) is 4.79 Å². The van der Waals surface area contributed by atoms with Gasteiger partial charge in [-0.1, -0.05) is 6.92 Å². The molecule has 4 rings (SSSR count). The number of nitrogens with zero attached hydrogens (tertiary/aromatic N) is 1. The number of carbonyl (C=O) groups excluding carboxylic acids is 1.